The number of hydrogen-bond donors (Lipinski definition) is 0. The zero-order valence-corrected chi connectivity index (χ0v) is 14.3. The zero-order chi connectivity index (χ0) is 15.6. The average molecular weight is 337 g/mol. The van der Waals surface area contributed by atoms with E-state index >= 15 is 0 Å². The van der Waals surface area contributed by atoms with Gasteiger partial charge < -0.3 is 4.74 Å². The molecule has 0 saturated heterocycles. The molecule has 0 aliphatic carbocycles. The monoisotopic (exact) mass is 337 g/mol. The van der Waals surface area contributed by atoms with Gasteiger partial charge in [-0.1, -0.05) is 12.1 Å². The summed E-state index contributed by atoms with van der Waals surface area (Å²) >= 11 is 3.53. The highest BCUT2D eigenvalue weighted by Gasteiger charge is 2.10. The number of nitrogens with zero attached hydrogens (tertiary/aromatic N) is 1. The normalized spacial score (nSPS) is 11.0. The lowest BCUT2D eigenvalue weighted by Gasteiger charge is -2.03. The van der Waals surface area contributed by atoms with E-state index in [-0.39, 0.29) is 0 Å². The molecule has 0 bridgehead atoms. The van der Waals surface area contributed by atoms with Crippen LogP contribution in [0.3, 0.4) is 0 Å². The fourth-order valence-corrected chi connectivity index (χ4v) is 4.50. The Morgan fingerprint density at radius 1 is 0.870 bits per heavy atom. The number of fused-ring (bicyclic) bond motifs is 1. The Morgan fingerprint density at radius 3 is 2.43 bits per heavy atom. The van der Waals surface area contributed by atoms with Crippen molar-refractivity contribution in [3.63, 3.8) is 0 Å². The maximum atomic E-state index is 5.50. The molecule has 2 aromatic carbocycles. The van der Waals surface area contributed by atoms with E-state index in [1.54, 1.807) is 22.7 Å². The summed E-state index contributed by atoms with van der Waals surface area (Å²) in [6.07, 6.45) is 0. The lowest BCUT2D eigenvalue weighted by molar-refractivity contribution is 0.340. The summed E-state index contributed by atoms with van der Waals surface area (Å²) in [4.78, 5) is 7.21. The van der Waals surface area contributed by atoms with E-state index in [2.05, 4.69) is 42.5 Å². The quantitative estimate of drug-likeness (QED) is 0.449. The van der Waals surface area contributed by atoms with Gasteiger partial charge >= 0.3 is 0 Å². The summed E-state index contributed by atoms with van der Waals surface area (Å²) < 4.78 is 6.73. The van der Waals surface area contributed by atoms with Crippen LogP contribution in [0.15, 0.2) is 60.7 Å². The number of hydrogen-bond acceptors (Lipinski definition) is 4. The number of benzene rings is 2. The lowest BCUT2D eigenvalue weighted by Crippen LogP contribution is -1.90. The molecular formula is C19H15NOS2. The van der Waals surface area contributed by atoms with E-state index in [1.165, 1.54) is 20.0 Å². The maximum absolute atomic E-state index is 5.50. The molecule has 0 aliphatic heterocycles. The summed E-state index contributed by atoms with van der Waals surface area (Å²) in [6.45, 7) is 2.69. The molecule has 0 amide bonds. The summed E-state index contributed by atoms with van der Waals surface area (Å²) in [6, 6.07) is 20.9. The van der Waals surface area contributed by atoms with Gasteiger partial charge in [0.1, 0.15) is 10.8 Å². The van der Waals surface area contributed by atoms with E-state index in [0.29, 0.717) is 6.61 Å². The Hall–Kier alpha value is -2.17. The van der Waals surface area contributed by atoms with Crippen molar-refractivity contribution in [2.24, 2.45) is 0 Å². The van der Waals surface area contributed by atoms with Gasteiger partial charge in [-0.3, -0.25) is 0 Å². The van der Waals surface area contributed by atoms with Crippen LogP contribution >= 0.6 is 22.7 Å². The van der Waals surface area contributed by atoms with Gasteiger partial charge in [0.2, 0.25) is 0 Å². The molecule has 0 spiro atoms. The third-order valence-corrected chi connectivity index (χ3v) is 5.90. The summed E-state index contributed by atoms with van der Waals surface area (Å²) in [5.74, 6) is 0.916. The second-order valence-electron chi connectivity index (χ2n) is 5.11. The molecule has 4 rings (SSSR count). The van der Waals surface area contributed by atoms with Crippen molar-refractivity contribution in [2.45, 2.75) is 6.92 Å². The molecule has 4 aromatic rings. The predicted molar refractivity (Wildman–Crippen MR) is 99.5 cm³/mol. The van der Waals surface area contributed by atoms with Gasteiger partial charge in [0.05, 0.1) is 21.7 Å². The van der Waals surface area contributed by atoms with Crippen molar-refractivity contribution >= 4 is 32.9 Å². The number of para-hydroxylation sites is 1. The first kappa shape index (κ1) is 14.4. The van der Waals surface area contributed by atoms with Crippen LogP contribution in [0, 0.1) is 0 Å². The van der Waals surface area contributed by atoms with Crippen LogP contribution in [-0.4, -0.2) is 11.6 Å². The van der Waals surface area contributed by atoms with Crippen LogP contribution < -0.4 is 4.74 Å². The van der Waals surface area contributed by atoms with E-state index in [1.807, 2.05) is 25.1 Å². The molecule has 2 nitrogen and oxygen atoms in total. The first-order valence-corrected chi connectivity index (χ1v) is 9.16. The maximum Gasteiger partial charge on any atom is 0.134 e. The molecule has 0 aliphatic rings. The van der Waals surface area contributed by atoms with Crippen LogP contribution in [0.4, 0.5) is 0 Å². The van der Waals surface area contributed by atoms with Gasteiger partial charge in [-0.2, -0.15) is 0 Å². The summed E-state index contributed by atoms with van der Waals surface area (Å²) in [5, 5.41) is 1.09. The third-order valence-electron chi connectivity index (χ3n) is 3.56. The van der Waals surface area contributed by atoms with Crippen molar-refractivity contribution in [1.29, 1.82) is 0 Å². The minimum Gasteiger partial charge on any atom is -0.494 e. The molecule has 4 heteroatoms. The van der Waals surface area contributed by atoms with Gasteiger partial charge in [-0.15, -0.1) is 22.7 Å². The van der Waals surface area contributed by atoms with E-state index in [4.69, 9.17) is 9.72 Å². The van der Waals surface area contributed by atoms with Crippen LogP contribution in [0.2, 0.25) is 0 Å². The van der Waals surface area contributed by atoms with Gasteiger partial charge in [0, 0.05) is 4.88 Å². The van der Waals surface area contributed by atoms with Gasteiger partial charge in [0.15, 0.2) is 0 Å². The molecule has 0 radical (unpaired) electrons. The molecule has 2 heterocycles. The van der Waals surface area contributed by atoms with Crippen molar-refractivity contribution in [3.8, 4) is 26.1 Å². The fraction of sp³-hybridized carbons (Fsp3) is 0.105. The van der Waals surface area contributed by atoms with Gasteiger partial charge in [-0.25, -0.2) is 4.98 Å². The van der Waals surface area contributed by atoms with Crippen LogP contribution in [0.25, 0.3) is 30.5 Å². The number of rotatable bonds is 4. The smallest absolute Gasteiger partial charge is 0.134 e. The van der Waals surface area contributed by atoms with E-state index in [0.717, 1.165) is 16.3 Å². The summed E-state index contributed by atoms with van der Waals surface area (Å²) in [5.41, 5.74) is 2.29. The third kappa shape index (κ3) is 2.87. The first-order valence-electron chi connectivity index (χ1n) is 7.52. The Kier molecular flexibility index (Phi) is 3.85. The Balaban J connectivity index is 1.65. The minimum absolute atomic E-state index is 0.695. The molecule has 0 unspecified atom stereocenters. The number of aromatic nitrogens is 1. The number of ether oxygens (including phenoxy) is 1. The van der Waals surface area contributed by atoms with Crippen molar-refractivity contribution in [1.82, 2.24) is 4.98 Å². The van der Waals surface area contributed by atoms with Gasteiger partial charge in [-0.05, 0) is 61.0 Å². The predicted octanol–water partition coefficient (Wildman–Crippen LogP) is 6.09. The SMILES string of the molecule is CCOc1ccc(-c2ccc(-c3nc4ccccc4s3)s2)cc1. The molecule has 23 heavy (non-hydrogen) atoms. The highest BCUT2D eigenvalue weighted by atomic mass is 32.1. The lowest BCUT2D eigenvalue weighted by atomic mass is 10.2. The molecule has 0 fully saturated rings. The Labute approximate surface area is 143 Å². The Morgan fingerprint density at radius 2 is 1.65 bits per heavy atom. The van der Waals surface area contributed by atoms with Crippen LogP contribution in [0.1, 0.15) is 6.92 Å². The topological polar surface area (TPSA) is 22.1 Å². The number of thiazole rings is 1. The summed E-state index contributed by atoms with van der Waals surface area (Å²) in [7, 11) is 0. The standard InChI is InChI=1S/C19H15NOS2/c1-2-21-14-9-7-13(8-10-14)16-11-12-18(22-16)19-20-15-5-3-4-6-17(15)23-19/h3-12H,2H2,1H3. The molecule has 114 valence electrons. The van der Waals surface area contributed by atoms with Crippen LogP contribution in [-0.2, 0) is 0 Å². The molecule has 0 N–H and O–H groups in total. The van der Waals surface area contributed by atoms with Gasteiger partial charge in [0.25, 0.3) is 0 Å². The van der Waals surface area contributed by atoms with Crippen molar-refractivity contribution in [3.05, 3.63) is 60.7 Å². The molecular weight excluding hydrogens is 322 g/mol. The zero-order valence-electron chi connectivity index (χ0n) is 12.7. The van der Waals surface area contributed by atoms with E-state index < -0.39 is 0 Å². The van der Waals surface area contributed by atoms with Crippen molar-refractivity contribution < 1.29 is 4.74 Å². The second kappa shape index (κ2) is 6.14. The minimum atomic E-state index is 0.695. The molecule has 0 atom stereocenters. The highest BCUT2D eigenvalue weighted by molar-refractivity contribution is 7.26. The second-order valence-corrected chi connectivity index (χ2v) is 7.22. The average Bonchev–Trinajstić information content (AvgIpc) is 3.22. The highest BCUT2D eigenvalue weighted by Crippen LogP contribution is 2.38. The molecule has 0 saturated carbocycles. The van der Waals surface area contributed by atoms with Crippen molar-refractivity contribution in [2.75, 3.05) is 6.61 Å². The van der Waals surface area contributed by atoms with E-state index in [9.17, 15) is 0 Å². The van der Waals surface area contributed by atoms with Crippen LogP contribution in [0.5, 0.6) is 5.75 Å². The fourth-order valence-electron chi connectivity index (χ4n) is 2.47. The number of thiophene rings is 1. The molecule has 2 aromatic heterocycles. The first-order chi connectivity index (χ1) is 11.3. The Bertz CT molecular complexity index is 904. The largest absolute Gasteiger partial charge is 0.494 e.